The Kier molecular flexibility index (Phi) is 16.2. The van der Waals surface area contributed by atoms with Crippen LogP contribution in [0.5, 0.6) is 5.75 Å². The summed E-state index contributed by atoms with van der Waals surface area (Å²) in [5.74, 6) is 5.54. The molecule has 0 spiro atoms. The summed E-state index contributed by atoms with van der Waals surface area (Å²) < 4.78 is 0. The van der Waals surface area contributed by atoms with Gasteiger partial charge in [-0.15, -0.1) is 36.4 Å². The largest absolute Gasteiger partial charge is 3.00 e. The summed E-state index contributed by atoms with van der Waals surface area (Å²) in [6, 6.07) is 38.8. The van der Waals surface area contributed by atoms with E-state index in [4.69, 9.17) is 5.90 Å². The molecular weight excluding hydrogens is 402 g/mol. The van der Waals surface area contributed by atoms with Crippen LogP contribution in [0, 0.1) is 20.8 Å². The Morgan fingerprint density at radius 1 is 0.433 bits per heavy atom. The maximum absolute atomic E-state index is 4.85. The SMILES string of the molecule is NOc1ccccc1.[CH2-]c1ccccc1.[CH2-]c1ccccc1.[CH2-]c1ccccc1.[Ti+3]. The minimum Gasteiger partial charge on any atom is -0.412 e. The number of benzene rings is 4. The van der Waals surface area contributed by atoms with Gasteiger partial charge in [-0.25, -0.2) is 0 Å². The molecule has 0 heterocycles. The van der Waals surface area contributed by atoms with Crippen molar-refractivity contribution < 1.29 is 26.6 Å². The fourth-order valence-corrected chi connectivity index (χ4v) is 1.93. The van der Waals surface area contributed by atoms with E-state index in [-0.39, 0.29) is 21.7 Å². The average Bonchev–Trinajstić information content (AvgIpc) is 2.77. The first kappa shape index (κ1) is 27.0. The predicted octanol–water partition coefficient (Wildman–Crippen LogP) is 6.54. The zero-order valence-corrected chi connectivity index (χ0v) is 18.7. The molecule has 0 atom stereocenters. The molecule has 0 aromatic heterocycles. The van der Waals surface area contributed by atoms with Gasteiger partial charge in [0.2, 0.25) is 0 Å². The molecule has 2 N–H and O–H groups in total. The summed E-state index contributed by atoms with van der Waals surface area (Å²) in [5.41, 5.74) is 3.22. The van der Waals surface area contributed by atoms with Gasteiger partial charge in [0.15, 0.2) is 0 Å². The molecule has 30 heavy (non-hydrogen) atoms. The third-order valence-corrected chi connectivity index (χ3v) is 3.41. The van der Waals surface area contributed by atoms with Crippen molar-refractivity contribution >= 4 is 0 Å². The Morgan fingerprint density at radius 3 is 0.800 bits per heavy atom. The van der Waals surface area contributed by atoms with E-state index in [1.165, 1.54) is 0 Å². The van der Waals surface area contributed by atoms with Gasteiger partial charge >= 0.3 is 21.7 Å². The molecule has 0 saturated heterocycles. The van der Waals surface area contributed by atoms with Crippen molar-refractivity contribution in [2.45, 2.75) is 0 Å². The zero-order chi connectivity index (χ0) is 21.2. The maximum atomic E-state index is 4.85. The molecule has 0 aliphatic heterocycles. The van der Waals surface area contributed by atoms with Crippen LogP contribution in [-0.2, 0) is 21.7 Å². The van der Waals surface area contributed by atoms with Crippen LogP contribution < -0.4 is 10.7 Å². The van der Waals surface area contributed by atoms with E-state index >= 15 is 0 Å². The van der Waals surface area contributed by atoms with Crippen molar-refractivity contribution in [3.8, 4) is 5.75 Å². The van der Waals surface area contributed by atoms with Crippen LogP contribution in [0.25, 0.3) is 0 Å². The number of hydrogen-bond donors (Lipinski definition) is 1. The van der Waals surface area contributed by atoms with Gasteiger partial charge in [-0.1, -0.05) is 36.4 Å². The second-order valence-corrected chi connectivity index (χ2v) is 5.89. The third-order valence-electron chi connectivity index (χ3n) is 3.41. The summed E-state index contributed by atoms with van der Waals surface area (Å²) in [6.07, 6.45) is 0. The van der Waals surface area contributed by atoms with E-state index in [2.05, 4.69) is 25.6 Å². The molecule has 0 amide bonds. The Hall–Kier alpha value is -3.04. The minimum atomic E-state index is 0. The zero-order valence-electron chi connectivity index (χ0n) is 17.2. The van der Waals surface area contributed by atoms with E-state index in [9.17, 15) is 0 Å². The van der Waals surface area contributed by atoms with E-state index in [0.29, 0.717) is 5.75 Å². The van der Waals surface area contributed by atoms with Crippen LogP contribution in [0.15, 0.2) is 121 Å². The molecule has 0 fully saturated rings. The quantitative estimate of drug-likeness (QED) is 0.211. The van der Waals surface area contributed by atoms with Crippen LogP contribution >= 0.6 is 0 Å². The fourth-order valence-electron chi connectivity index (χ4n) is 1.93. The van der Waals surface area contributed by atoms with Crippen molar-refractivity contribution in [1.82, 2.24) is 0 Å². The molecule has 2 nitrogen and oxygen atoms in total. The first-order chi connectivity index (χ1) is 14.1. The molecule has 0 aliphatic carbocycles. The van der Waals surface area contributed by atoms with Crippen LogP contribution in [0.3, 0.4) is 0 Å². The monoisotopic (exact) mass is 430 g/mol. The van der Waals surface area contributed by atoms with E-state index < -0.39 is 0 Å². The van der Waals surface area contributed by atoms with Gasteiger partial charge in [0.25, 0.3) is 0 Å². The molecule has 0 unspecified atom stereocenters. The summed E-state index contributed by atoms with van der Waals surface area (Å²) in [7, 11) is 0. The second-order valence-electron chi connectivity index (χ2n) is 5.89. The normalized spacial score (nSPS) is 8.30. The first-order valence-electron chi connectivity index (χ1n) is 9.14. The van der Waals surface area contributed by atoms with Crippen molar-refractivity contribution in [2.75, 3.05) is 0 Å². The van der Waals surface area contributed by atoms with E-state index in [0.717, 1.165) is 16.7 Å². The van der Waals surface area contributed by atoms with Crippen molar-refractivity contribution in [3.05, 3.63) is 159 Å². The number of rotatable bonds is 1. The molecule has 1 radical (unpaired) electrons. The standard InChI is InChI=1S/3C7H7.C6H7NO.Ti/c3*1-7-5-3-2-4-6-7;7-8-6-4-2-1-3-5-6;/h3*2-6H,1H2;1-5H,7H2;/q3*-1;;+3. The summed E-state index contributed by atoms with van der Waals surface area (Å²) >= 11 is 0. The first-order valence-corrected chi connectivity index (χ1v) is 9.14. The number of hydrogen-bond acceptors (Lipinski definition) is 2. The Bertz CT molecular complexity index is 765. The van der Waals surface area contributed by atoms with Crippen molar-refractivity contribution in [1.29, 1.82) is 0 Å². The molecule has 3 heteroatoms. The third kappa shape index (κ3) is 15.0. The Labute approximate surface area is 196 Å². The van der Waals surface area contributed by atoms with Crippen LogP contribution in [0.2, 0.25) is 0 Å². The number of nitrogens with two attached hydrogens (primary N) is 1. The van der Waals surface area contributed by atoms with Gasteiger partial charge < -0.3 is 4.84 Å². The van der Waals surface area contributed by atoms with Gasteiger partial charge in [0.05, 0.1) is 0 Å². The van der Waals surface area contributed by atoms with Gasteiger partial charge in [0, 0.05) is 0 Å². The summed E-state index contributed by atoms with van der Waals surface area (Å²) in [6.45, 7) is 11.2. The van der Waals surface area contributed by atoms with Crippen molar-refractivity contribution in [2.24, 2.45) is 5.90 Å². The van der Waals surface area contributed by atoms with Gasteiger partial charge in [-0.2, -0.15) is 79.8 Å². The van der Waals surface area contributed by atoms with E-state index in [1.807, 2.05) is 109 Å². The number of para-hydroxylation sites is 1. The van der Waals surface area contributed by atoms with Gasteiger partial charge in [0.1, 0.15) is 5.75 Å². The van der Waals surface area contributed by atoms with Crippen LogP contribution in [0.1, 0.15) is 16.7 Å². The van der Waals surface area contributed by atoms with Crippen molar-refractivity contribution in [3.63, 3.8) is 0 Å². The molecule has 0 bridgehead atoms. The van der Waals surface area contributed by atoms with Gasteiger partial charge in [-0.05, 0) is 12.1 Å². The topological polar surface area (TPSA) is 35.2 Å². The van der Waals surface area contributed by atoms with Crippen LogP contribution in [-0.4, -0.2) is 0 Å². The smallest absolute Gasteiger partial charge is 0.412 e. The Morgan fingerprint density at radius 2 is 0.667 bits per heavy atom. The molecule has 0 saturated carbocycles. The molecule has 0 aliphatic rings. The minimum absolute atomic E-state index is 0. The second kappa shape index (κ2) is 18.0. The molecule has 4 aromatic rings. The maximum Gasteiger partial charge on any atom is 3.00 e. The Balaban J connectivity index is 0.000000370. The van der Waals surface area contributed by atoms with Gasteiger partial charge in [-0.3, -0.25) is 0 Å². The molecular formula is C27H28NOTi. The average molecular weight is 430 g/mol. The summed E-state index contributed by atoms with van der Waals surface area (Å²) in [5, 5.41) is 0. The molecule has 4 aromatic carbocycles. The molecule has 4 rings (SSSR count). The summed E-state index contributed by atoms with van der Waals surface area (Å²) in [4.78, 5) is 4.41. The predicted molar refractivity (Wildman–Crippen MR) is 124 cm³/mol. The molecule has 151 valence electrons. The van der Waals surface area contributed by atoms with Crippen LogP contribution in [0.4, 0.5) is 0 Å². The fraction of sp³-hybridized carbons (Fsp3) is 0. The van der Waals surface area contributed by atoms with E-state index in [1.54, 1.807) is 12.1 Å².